The number of hydrogen-bond acceptors (Lipinski definition) is 2. The van der Waals surface area contributed by atoms with E-state index in [2.05, 4.69) is 16.8 Å². The molecule has 0 N–H and O–H groups in total. The number of hydrogen-bond donors (Lipinski definition) is 0. The highest BCUT2D eigenvalue weighted by Gasteiger charge is 1.80. The second kappa shape index (κ2) is 5.95. The van der Waals surface area contributed by atoms with Crippen molar-refractivity contribution in [2.24, 2.45) is 10.2 Å². The molecule has 0 aromatic rings. The molecule has 2 heteroatoms. The first kappa shape index (κ1) is 8.82. The minimum atomic E-state index is 0.849. The first-order chi connectivity index (χ1) is 4.85. The second-order valence-electron chi connectivity index (χ2n) is 1.61. The first-order valence-corrected chi connectivity index (χ1v) is 3.10. The molecule has 0 saturated heterocycles. The summed E-state index contributed by atoms with van der Waals surface area (Å²) in [4.78, 5) is 0. The molecule has 0 aliphatic carbocycles. The molecule has 0 unspecified atom stereocenters. The molecular weight excluding hydrogens is 124 g/mol. The van der Waals surface area contributed by atoms with Gasteiger partial charge in [0.15, 0.2) is 0 Å². The van der Waals surface area contributed by atoms with E-state index in [1.54, 1.807) is 13.1 Å². The van der Waals surface area contributed by atoms with Crippen LogP contribution in [0.4, 0.5) is 0 Å². The summed E-state index contributed by atoms with van der Waals surface area (Å²) in [7, 11) is 1.64. The van der Waals surface area contributed by atoms with Gasteiger partial charge in [-0.25, -0.2) is 0 Å². The topological polar surface area (TPSA) is 24.7 Å². The summed E-state index contributed by atoms with van der Waals surface area (Å²) in [5.41, 5.74) is 0.849. The van der Waals surface area contributed by atoms with Crippen LogP contribution in [0.1, 0.15) is 6.92 Å². The van der Waals surface area contributed by atoms with Crippen molar-refractivity contribution >= 4 is 0 Å². The molecule has 0 aromatic heterocycles. The lowest BCUT2D eigenvalue weighted by Gasteiger charge is -1.85. The number of nitrogens with zero attached hydrogens (tertiary/aromatic N) is 2. The van der Waals surface area contributed by atoms with E-state index < -0.39 is 0 Å². The molecule has 0 saturated carbocycles. The highest BCUT2D eigenvalue weighted by atomic mass is 15.1. The lowest BCUT2D eigenvalue weighted by molar-refractivity contribution is 1.11. The van der Waals surface area contributed by atoms with Crippen LogP contribution in [0.5, 0.6) is 0 Å². The summed E-state index contributed by atoms with van der Waals surface area (Å²) >= 11 is 0. The molecule has 2 nitrogen and oxygen atoms in total. The zero-order chi connectivity index (χ0) is 7.82. The van der Waals surface area contributed by atoms with Crippen molar-refractivity contribution in [3.63, 3.8) is 0 Å². The van der Waals surface area contributed by atoms with E-state index in [-0.39, 0.29) is 0 Å². The van der Waals surface area contributed by atoms with Gasteiger partial charge in [-0.05, 0) is 13.0 Å². The van der Waals surface area contributed by atoms with Crippen molar-refractivity contribution in [3.05, 3.63) is 36.6 Å². The van der Waals surface area contributed by atoms with Crippen molar-refractivity contribution < 1.29 is 0 Å². The average Bonchev–Trinajstić information content (AvgIpc) is 1.98. The molecule has 0 aliphatic rings. The zero-order valence-electron chi connectivity index (χ0n) is 6.41. The van der Waals surface area contributed by atoms with E-state index in [9.17, 15) is 0 Å². The molecule has 0 amide bonds. The van der Waals surface area contributed by atoms with Crippen molar-refractivity contribution in [2.75, 3.05) is 7.05 Å². The molecule has 0 bridgehead atoms. The van der Waals surface area contributed by atoms with Crippen molar-refractivity contribution in [3.8, 4) is 0 Å². The quantitative estimate of drug-likeness (QED) is 0.421. The minimum Gasteiger partial charge on any atom is -0.192 e. The molecule has 0 radical (unpaired) electrons. The third kappa shape index (κ3) is 3.78. The van der Waals surface area contributed by atoms with Crippen LogP contribution < -0.4 is 0 Å². The van der Waals surface area contributed by atoms with Crippen molar-refractivity contribution in [2.45, 2.75) is 6.92 Å². The van der Waals surface area contributed by atoms with Gasteiger partial charge in [-0.3, -0.25) is 0 Å². The molecule has 0 atom stereocenters. The monoisotopic (exact) mass is 136 g/mol. The summed E-state index contributed by atoms with van der Waals surface area (Å²) < 4.78 is 0. The second-order valence-corrected chi connectivity index (χ2v) is 1.61. The van der Waals surface area contributed by atoms with Crippen LogP contribution >= 0.6 is 0 Å². The Bertz CT molecular complexity index is 176. The Morgan fingerprint density at radius 1 is 1.50 bits per heavy atom. The van der Waals surface area contributed by atoms with E-state index in [1.165, 1.54) is 0 Å². The van der Waals surface area contributed by atoms with E-state index in [0.717, 1.165) is 5.70 Å². The molecular formula is C8H12N2. The normalized spacial score (nSPS) is 13.2. The molecule has 0 spiro atoms. The lowest BCUT2D eigenvalue weighted by atomic mass is 10.4. The van der Waals surface area contributed by atoms with Crippen LogP contribution in [-0.2, 0) is 0 Å². The number of allylic oxidation sites excluding steroid dienone is 4. The van der Waals surface area contributed by atoms with Gasteiger partial charge in [0.2, 0.25) is 0 Å². The summed E-state index contributed by atoms with van der Waals surface area (Å²) in [6.45, 7) is 5.45. The van der Waals surface area contributed by atoms with E-state index >= 15 is 0 Å². The number of azo groups is 1. The van der Waals surface area contributed by atoms with Gasteiger partial charge in [-0.15, -0.1) is 0 Å². The van der Waals surface area contributed by atoms with Gasteiger partial charge in [-0.1, -0.05) is 24.8 Å². The highest BCUT2D eigenvalue weighted by molar-refractivity contribution is 5.18. The maximum absolute atomic E-state index is 3.83. The Balaban J connectivity index is 4.10. The molecule has 54 valence electrons. The predicted molar refractivity (Wildman–Crippen MR) is 43.9 cm³/mol. The average molecular weight is 136 g/mol. The molecule has 0 aromatic carbocycles. The largest absolute Gasteiger partial charge is 0.192 e. The summed E-state index contributed by atoms with van der Waals surface area (Å²) in [5.74, 6) is 0. The fourth-order valence-electron chi connectivity index (χ4n) is 0.469. The van der Waals surface area contributed by atoms with Crippen molar-refractivity contribution in [1.29, 1.82) is 0 Å². The Morgan fingerprint density at radius 3 is 2.60 bits per heavy atom. The van der Waals surface area contributed by atoms with E-state index in [0.29, 0.717) is 0 Å². The van der Waals surface area contributed by atoms with Crippen LogP contribution in [-0.4, -0.2) is 7.05 Å². The molecule has 0 fully saturated rings. The maximum atomic E-state index is 3.83. The highest BCUT2D eigenvalue weighted by Crippen LogP contribution is 1.98. The summed E-state index contributed by atoms with van der Waals surface area (Å²) in [5, 5.41) is 7.46. The van der Waals surface area contributed by atoms with E-state index in [4.69, 9.17) is 0 Å². The zero-order valence-corrected chi connectivity index (χ0v) is 6.41. The molecule has 0 aliphatic heterocycles. The standard InChI is InChI=1S/C8H12N2/c1-4-6-7-8(5-2)10-9-3/h4-7H,1H2,2-3H3/b7-6-,8-5+,10-9?. The van der Waals surface area contributed by atoms with Crippen LogP contribution in [0.25, 0.3) is 0 Å². The Morgan fingerprint density at radius 2 is 2.20 bits per heavy atom. The predicted octanol–water partition coefficient (Wildman–Crippen LogP) is 2.71. The van der Waals surface area contributed by atoms with Gasteiger partial charge in [-0.2, -0.15) is 10.2 Å². The fraction of sp³-hybridized carbons (Fsp3) is 0.250. The van der Waals surface area contributed by atoms with E-state index in [1.807, 2.05) is 25.2 Å². The third-order valence-corrected chi connectivity index (χ3v) is 0.914. The van der Waals surface area contributed by atoms with Crippen LogP contribution in [0.15, 0.2) is 46.8 Å². The first-order valence-electron chi connectivity index (χ1n) is 3.10. The lowest BCUT2D eigenvalue weighted by Crippen LogP contribution is -1.66. The maximum Gasteiger partial charge on any atom is 0.0809 e. The van der Waals surface area contributed by atoms with Gasteiger partial charge in [0.1, 0.15) is 0 Å². The smallest absolute Gasteiger partial charge is 0.0809 e. The third-order valence-electron chi connectivity index (χ3n) is 0.914. The Labute approximate surface area is 61.7 Å². The van der Waals surface area contributed by atoms with Crippen LogP contribution in [0.3, 0.4) is 0 Å². The minimum absolute atomic E-state index is 0.849. The Kier molecular flexibility index (Phi) is 5.25. The van der Waals surface area contributed by atoms with Crippen LogP contribution in [0, 0.1) is 0 Å². The van der Waals surface area contributed by atoms with Gasteiger partial charge >= 0.3 is 0 Å². The molecule has 10 heavy (non-hydrogen) atoms. The van der Waals surface area contributed by atoms with Crippen molar-refractivity contribution in [1.82, 2.24) is 0 Å². The molecule has 0 rings (SSSR count). The summed E-state index contributed by atoms with van der Waals surface area (Å²) in [6.07, 6.45) is 7.26. The Hall–Kier alpha value is -1.18. The summed E-state index contributed by atoms with van der Waals surface area (Å²) in [6, 6.07) is 0. The van der Waals surface area contributed by atoms with Crippen LogP contribution in [0.2, 0.25) is 0 Å². The van der Waals surface area contributed by atoms with Gasteiger partial charge in [0.05, 0.1) is 5.70 Å². The van der Waals surface area contributed by atoms with Gasteiger partial charge in [0.25, 0.3) is 0 Å². The van der Waals surface area contributed by atoms with Gasteiger partial charge in [0, 0.05) is 7.05 Å². The number of rotatable bonds is 3. The fourth-order valence-corrected chi connectivity index (χ4v) is 0.469. The SMILES string of the molecule is C=C/C=C\C(=C/C)N=NC. The molecule has 0 heterocycles. The van der Waals surface area contributed by atoms with Gasteiger partial charge < -0.3 is 0 Å².